The predicted octanol–water partition coefficient (Wildman–Crippen LogP) is 2.06. The van der Waals surface area contributed by atoms with Crippen molar-refractivity contribution in [1.82, 2.24) is 10.2 Å². The summed E-state index contributed by atoms with van der Waals surface area (Å²) < 4.78 is 0. The molecule has 1 aliphatic heterocycles. The minimum absolute atomic E-state index is 0.0190. The van der Waals surface area contributed by atoms with Crippen molar-refractivity contribution in [2.75, 3.05) is 0 Å². The van der Waals surface area contributed by atoms with Crippen molar-refractivity contribution in [2.45, 2.75) is 57.9 Å². The van der Waals surface area contributed by atoms with E-state index in [1.807, 2.05) is 0 Å². The molecule has 2 saturated carbocycles. The maximum Gasteiger partial charge on any atom is 0.331 e. The fraction of sp³-hybridized carbons (Fsp3) is 0.800. The van der Waals surface area contributed by atoms with E-state index in [9.17, 15) is 14.4 Å². The monoisotopic (exact) mass is 278 g/mol. The van der Waals surface area contributed by atoms with Gasteiger partial charge in [-0.05, 0) is 43.9 Å². The van der Waals surface area contributed by atoms with Crippen molar-refractivity contribution in [3.63, 3.8) is 0 Å². The Bertz CT molecular complexity index is 442. The van der Waals surface area contributed by atoms with E-state index in [4.69, 9.17) is 0 Å². The smallest absolute Gasteiger partial charge is 0.277 e. The number of carbonyl (C=O) groups is 3. The summed E-state index contributed by atoms with van der Waals surface area (Å²) in [6.45, 7) is 2.14. The van der Waals surface area contributed by atoms with Crippen LogP contribution >= 0.6 is 0 Å². The molecule has 0 radical (unpaired) electrons. The molecule has 3 atom stereocenters. The van der Waals surface area contributed by atoms with Gasteiger partial charge in [0, 0.05) is 6.04 Å². The highest BCUT2D eigenvalue weighted by Gasteiger charge is 2.48. The second-order valence-electron chi connectivity index (χ2n) is 6.60. The molecule has 5 nitrogen and oxygen atoms in total. The molecule has 3 fully saturated rings. The fourth-order valence-corrected chi connectivity index (χ4v) is 4.07. The average Bonchev–Trinajstić information content (AvgIpc) is 3.01. The summed E-state index contributed by atoms with van der Waals surface area (Å²) in [4.78, 5) is 38.1. The van der Waals surface area contributed by atoms with Gasteiger partial charge in [0.2, 0.25) is 11.8 Å². The van der Waals surface area contributed by atoms with Crippen molar-refractivity contribution >= 4 is 17.8 Å². The van der Waals surface area contributed by atoms with Crippen LogP contribution < -0.4 is 5.32 Å². The Labute approximate surface area is 119 Å². The van der Waals surface area contributed by atoms with E-state index in [1.165, 1.54) is 4.90 Å². The maximum atomic E-state index is 12.7. The molecule has 0 spiro atoms. The molecular formula is C15H22N2O3. The number of urea groups is 1. The zero-order valence-corrected chi connectivity index (χ0v) is 11.9. The number of rotatable bonds is 2. The van der Waals surface area contributed by atoms with Crippen LogP contribution in [0.5, 0.6) is 0 Å². The van der Waals surface area contributed by atoms with E-state index in [0.717, 1.165) is 44.9 Å². The Kier molecular flexibility index (Phi) is 3.52. The Morgan fingerprint density at radius 3 is 2.35 bits per heavy atom. The Balaban J connectivity index is 1.81. The third kappa shape index (κ3) is 2.23. The lowest BCUT2D eigenvalue weighted by Gasteiger charge is -2.36. The van der Waals surface area contributed by atoms with E-state index in [1.54, 1.807) is 0 Å². The van der Waals surface area contributed by atoms with Crippen molar-refractivity contribution in [3.05, 3.63) is 0 Å². The van der Waals surface area contributed by atoms with Gasteiger partial charge < -0.3 is 0 Å². The Morgan fingerprint density at radius 2 is 1.75 bits per heavy atom. The van der Waals surface area contributed by atoms with Gasteiger partial charge in [-0.3, -0.25) is 19.8 Å². The molecule has 1 heterocycles. The topological polar surface area (TPSA) is 66.5 Å². The summed E-state index contributed by atoms with van der Waals surface area (Å²) in [6, 6.07) is -0.525. The first-order valence-corrected chi connectivity index (χ1v) is 7.76. The number of barbiturate groups is 1. The lowest BCUT2D eigenvalue weighted by Crippen LogP contribution is -2.61. The summed E-state index contributed by atoms with van der Waals surface area (Å²) >= 11 is 0. The van der Waals surface area contributed by atoms with Crippen molar-refractivity contribution in [2.24, 2.45) is 17.8 Å². The fourth-order valence-electron chi connectivity index (χ4n) is 4.07. The van der Waals surface area contributed by atoms with Gasteiger partial charge in [0.15, 0.2) is 0 Å². The normalized spacial score (nSPS) is 35.8. The van der Waals surface area contributed by atoms with Crippen molar-refractivity contribution in [3.8, 4) is 0 Å². The van der Waals surface area contributed by atoms with Gasteiger partial charge >= 0.3 is 6.03 Å². The van der Waals surface area contributed by atoms with Gasteiger partial charge in [-0.1, -0.05) is 19.8 Å². The van der Waals surface area contributed by atoms with Gasteiger partial charge in [0.05, 0.1) is 0 Å². The standard InChI is InChI=1S/C15H22N2O3/c1-9-6-7-11(8-9)17-14(19)12(10-4-2-3-5-10)13(18)16-15(17)20/h9-12H,2-8H2,1H3,(H,16,18,20). The van der Waals surface area contributed by atoms with Crippen LogP contribution in [0.15, 0.2) is 0 Å². The SMILES string of the molecule is CC1CCC(N2C(=O)NC(=O)C(C3CCCC3)C2=O)C1. The predicted molar refractivity (Wildman–Crippen MR) is 72.6 cm³/mol. The van der Waals surface area contributed by atoms with Crippen molar-refractivity contribution in [1.29, 1.82) is 0 Å². The van der Waals surface area contributed by atoms with E-state index >= 15 is 0 Å². The molecule has 4 amide bonds. The first-order chi connectivity index (χ1) is 9.58. The van der Waals surface area contributed by atoms with E-state index in [0.29, 0.717) is 5.92 Å². The number of imide groups is 2. The first kappa shape index (κ1) is 13.6. The van der Waals surface area contributed by atoms with Crippen LogP contribution in [0.3, 0.4) is 0 Å². The third-order valence-corrected chi connectivity index (χ3v) is 5.14. The highest BCUT2D eigenvalue weighted by Crippen LogP contribution is 2.36. The molecule has 3 unspecified atom stereocenters. The third-order valence-electron chi connectivity index (χ3n) is 5.14. The molecule has 110 valence electrons. The quantitative estimate of drug-likeness (QED) is 0.786. The summed E-state index contributed by atoms with van der Waals surface area (Å²) in [5.74, 6) is -0.592. The van der Waals surface area contributed by atoms with Crippen molar-refractivity contribution < 1.29 is 14.4 Å². The number of hydrogen-bond acceptors (Lipinski definition) is 3. The van der Waals surface area contributed by atoms with Crippen LogP contribution in [0.2, 0.25) is 0 Å². The average molecular weight is 278 g/mol. The highest BCUT2D eigenvalue weighted by atomic mass is 16.2. The second kappa shape index (κ2) is 5.19. The zero-order valence-electron chi connectivity index (χ0n) is 11.9. The molecule has 1 N–H and O–H groups in total. The van der Waals surface area contributed by atoms with Gasteiger partial charge in [-0.15, -0.1) is 0 Å². The molecule has 0 aromatic heterocycles. The summed E-state index contributed by atoms with van der Waals surface area (Å²) in [5, 5.41) is 2.41. The molecule has 0 bridgehead atoms. The highest BCUT2D eigenvalue weighted by molar-refractivity contribution is 6.16. The van der Waals surface area contributed by atoms with E-state index in [-0.39, 0.29) is 23.8 Å². The molecule has 3 rings (SSSR count). The molecule has 1 saturated heterocycles. The molecule has 0 aromatic rings. The van der Waals surface area contributed by atoms with Crippen LogP contribution in [0.4, 0.5) is 4.79 Å². The second-order valence-corrected chi connectivity index (χ2v) is 6.60. The van der Waals surface area contributed by atoms with Crippen LogP contribution in [-0.2, 0) is 9.59 Å². The lowest BCUT2D eigenvalue weighted by molar-refractivity contribution is -0.146. The maximum absolute atomic E-state index is 12.7. The van der Waals surface area contributed by atoms with Crippen LogP contribution in [-0.4, -0.2) is 28.8 Å². The summed E-state index contributed by atoms with van der Waals surface area (Å²) in [6.07, 6.45) is 6.78. The molecule has 5 heteroatoms. The first-order valence-electron chi connectivity index (χ1n) is 7.76. The lowest BCUT2D eigenvalue weighted by atomic mass is 9.87. The minimum Gasteiger partial charge on any atom is -0.277 e. The molecule has 20 heavy (non-hydrogen) atoms. The van der Waals surface area contributed by atoms with Gasteiger partial charge in [0.1, 0.15) is 5.92 Å². The summed E-state index contributed by atoms with van der Waals surface area (Å²) in [7, 11) is 0. The van der Waals surface area contributed by atoms with Crippen LogP contribution in [0.25, 0.3) is 0 Å². The van der Waals surface area contributed by atoms with E-state index in [2.05, 4.69) is 12.2 Å². The van der Waals surface area contributed by atoms with E-state index < -0.39 is 11.9 Å². The number of nitrogens with zero attached hydrogens (tertiary/aromatic N) is 1. The minimum atomic E-state index is -0.633. The van der Waals surface area contributed by atoms with Gasteiger partial charge in [-0.2, -0.15) is 0 Å². The summed E-state index contributed by atoms with van der Waals surface area (Å²) in [5.41, 5.74) is 0. The molecule has 3 aliphatic rings. The Hall–Kier alpha value is -1.39. The number of amides is 4. The number of carbonyl (C=O) groups excluding carboxylic acids is 3. The molecule has 0 aromatic carbocycles. The van der Waals surface area contributed by atoms with Crippen LogP contribution in [0, 0.1) is 17.8 Å². The molecule has 2 aliphatic carbocycles. The largest absolute Gasteiger partial charge is 0.331 e. The molecular weight excluding hydrogens is 256 g/mol. The zero-order chi connectivity index (χ0) is 14.3. The number of nitrogens with one attached hydrogen (secondary N) is 1. The van der Waals surface area contributed by atoms with Gasteiger partial charge in [-0.25, -0.2) is 4.79 Å². The number of hydrogen-bond donors (Lipinski definition) is 1. The van der Waals surface area contributed by atoms with Crippen LogP contribution in [0.1, 0.15) is 51.9 Å². The van der Waals surface area contributed by atoms with Gasteiger partial charge in [0.25, 0.3) is 0 Å². The Morgan fingerprint density at radius 1 is 1.05 bits per heavy atom.